The van der Waals surface area contributed by atoms with Crippen molar-refractivity contribution in [2.75, 3.05) is 25.5 Å². The maximum Gasteiger partial charge on any atom is 0.321 e. The fourth-order valence-electron chi connectivity index (χ4n) is 3.87. The van der Waals surface area contributed by atoms with Gasteiger partial charge in [-0.3, -0.25) is 0 Å². The van der Waals surface area contributed by atoms with E-state index in [1.165, 1.54) is 0 Å². The van der Waals surface area contributed by atoms with Crippen LogP contribution in [-0.4, -0.2) is 41.3 Å². The molecule has 4 rings (SSSR count). The van der Waals surface area contributed by atoms with Crippen molar-refractivity contribution in [1.82, 2.24) is 15.0 Å². The van der Waals surface area contributed by atoms with Crippen LogP contribution in [0.4, 0.5) is 10.5 Å². The average molecular weight is 406 g/mol. The molecule has 1 saturated heterocycles. The molecule has 156 valence electrons. The van der Waals surface area contributed by atoms with Crippen LogP contribution in [0.5, 0.6) is 5.75 Å². The summed E-state index contributed by atoms with van der Waals surface area (Å²) in [5.74, 6) is 1.93. The SMILES string of the molecule is COc1ccc(-c2noc(C3CCCN(C(=O)Nc4cc(C)cc(C)c4)C3)n2)cc1. The summed E-state index contributed by atoms with van der Waals surface area (Å²) in [6.45, 7) is 5.32. The topological polar surface area (TPSA) is 80.5 Å². The number of aryl methyl sites for hydroxylation is 2. The first-order chi connectivity index (χ1) is 14.5. The molecule has 7 nitrogen and oxygen atoms in total. The van der Waals surface area contributed by atoms with Gasteiger partial charge in [-0.15, -0.1) is 0 Å². The summed E-state index contributed by atoms with van der Waals surface area (Å²) in [6.07, 6.45) is 1.81. The first-order valence-electron chi connectivity index (χ1n) is 10.1. The molecule has 1 unspecified atom stereocenters. The molecule has 1 atom stereocenters. The van der Waals surface area contributed by atoms with Gasteiger partial charge in [-0.2, -0.15) is 4.98 Å². The summed E-state index contributed by atoms with van der Waals surface area (Å²) < 4.78 is 10.7. The number of aromatic nitrogens is 2. The van der Waals surface area contributed by atoms with Crippen molar-refractivity contribution < 1.29 is 14.1 Å². The molecule has 7 heteroatoms. The lowest BCUT2D eigenvalue weighted by Crippen LogP contribution is -2.41. The number of nitrogens with zero attached hydrogens (tertiary/aromatic N) is 3. The molecule has 0 saturated carbocycles. The first kappa shape index (κ1) is 19.9. The van der Waals surface area contributed by atoms with Crippen LogP contribution in [0.15, 0.2) is 47.0 Å². The highest BCUT2D eigenvalue weighted by molar-refractivity contribution is 5.89. The van der Waals surface area contributed by atoms with Crippen molar-refractivity contribution in [2.24, 2.45) is 0 Å². The Morgan fingerprint density at radius 1 is 1.17 bits per heavy atom. The van der Waals surface area contributed by atoms with Gasteiger partial charge in [0.25, 0.3) is 0 Å². The quantitative estimate of drug-likeness (QED) is 0.675. The molecule has 0 aliphatic carbocycles. The zero-order valence-corrected chi connectivity index (χ0v) is 17.5. The molecule has 2 amide bonds. The van der Waals surface area contributed by atoms with Gasteiger partial charge >= 0.3 is 6.03 Å². The number of ether oxygens (including phenoxy) is 1. The predicted molar refractivity (Wildman–Crippen MR) is 115 cm³/mol. The summed E-state index contributed by atoms with van der Waals surface area (Å²) >= 11 is 0. The number of methoxy groups -OCH3 is 1. The number of likely N-dealkylation sites (tertiary alicyclic amines) is 1. The van der Waals surface area contributed by atoms with Crippen molar-refractivity contribution in [2.45, 2.75) is 32.6 Å². The van der Waals surface area contributed by atoms with Gasteiger partial charge in [0.1, 0.15) is 5.75 Å². The fraction of sp³-hybridized carbons (Fsp3) is 0.348. The van der Waals surface area contributed by atoms with Crippen molar-refractivity contribution in [3.63, 3.8) is 0 Å². The summed E-state index contributed by atoms with van der Waals surface area (Å²) in [5.41, 5.74) is 3.93. The molecule has 1 aliphatic rings. The van der Waals surface area contributed by atoms with E-state index in [1.54, 1.807) is 7.11 Å². The summed E-state index contributed by atoms with van der Waals surface area (Å²) in [7, 11) is 1.63. The monoisotopic (exact) mass is 406 g/mol. The number of amides is 2. The van der Waals surface area contributed by atoms with Crippen molar-refractivity contribution in [1.29, 1.82) is 0 Å². The van der Waals surface area contributed by atoms with E-state index < -0.39 is 0 Å². The van der Waals surface area contributed by atoms with E-state index >= 15 is 0 Å². The van der Waals surface area contributed by atoms with Gasteiger partial charge in [0.15, 0.2) is 0 Å². The average Bonchev–Trinajstić information content (AvgIpc) is 3.23. The third-order valence-corrected chi connectivity index (χ3v) is 5.32. The smallest absolute Gasteiger partial charge is 0.321 e. The number of nitrogens with one attached hydrogen (secondary N) is 1. The van der Waals surface area contributed by atoms with E-state index in [2.05, 4.69) is 21.5 Å². The lowest BCUT2D eigenvalue weighted by Gasteiger charge is -2.31. The van der Waals surface area contributed by atoms with Crippen LogP contribution in [0.1, 0.15) is 35.8 Å². The van der Waals surface area contributed by atoms with E-state index in [1.807, 2.05) is 55.1 Å². The van der Waals surface area contributed by atoms with Crippen molar-refractivity contribution in [3.8, 4) is 17.1 Å². The number of hydrogen-bond donors (Lipinski definition) is 1. The molecular weight excluding hydrogens is 380 g/mol. The molecule has 1 aromatic heterocycles. The minimum Gasteiger partial charge on any atom is -0.497 e. The molecule has 1 N–H and O–H groups in total. The Bertz CT molecular complexity index is 1010. The van der Waals surface area contributed by atoms with Crippen LogP contribution in [-0.2, 0) is 0 Å². The Kier molecular flexibility index (Phi) is 5.70. The van der Waals surface area contributed by atoms with Crippen LogP contribution >= 0.6 is 0 Å². The fourth-order valence-corrected chi connectivity index (χ4v) is 3.87. The summed E-state index contributed by atoms with van der Waals surface area (Å²) in [5, 5.41) is 7.14. The largest absolute Gasteiger partial charge is 0.497 e. The van der Waals surface area contributed by atoms with Crippen molar-refractivity contribution >= 4 is 11.7 Å². The number of anilines is 1. The molecule has 1 aliphatic heterocycles. The van der Waals surface area contributed by atoms with E-state index in [0.717, 1.165) is 41.0 Å². The Morgan fingerprint density at radius 2 is 1.90 bits per heavy atom. The second kappa shape index (κ2) is 8.57. The Hall–Kier alpha value is -3.35. The molecule has 3 aromatic rings. The number of benzene rings is 2. The Balaban J connectivity index is 1.43. The molecule has 0 radical (unpaired) electrons. The summed E-state index contributed by atoms with van der Waals surface area (Å²) in [6, 6.07) is 13.5. The number of piperidine rings is 1. The van der Waals surface area contributed by atoms with Gasteiger partial charge in [0, 0.05) is 24.3 Å². The Labute approximate surface area is 176 Å². The highest BCUT2D eigenvalue weighted by Gasteiger charge is 2.29. The number of carbonyl (C=O) groups is 1. The van der Waals surface area contributed by atoms with Crippen LogP contribution in [0.2, 0.25) is 0 Å². The van der Waals surface area contributed by atoms with Gasteiger partial charge < -0.3 is 19.5 Å². The minimum atomic E-state index is -0.0976. The molecule has 1 fully saturated rings. The predicted octanol–water partition coefficient (Wildman–Crippen LogP) is 4.77. The molecular formula is C23H26N4O3. The van der Waals surface area contributed by atoms with Gasteiger partial charge in [-0.1, -0.05) is 11.2 Å². The minimum absolute atomic E-state index is 0.0308. The molecule has 2 heterocycles. The van der Waals surface area contributed by atoms with E-state index in [9.17, 15) is 4.79 Å². The van der Waals surface area contributed by atoms with Crippen LogP contribution in [0.3, 0.4) is 0 Å². The lowest BCUT2D eigenvalue weighted by atomic mass is 9.98. The number of carbonyl (C=O) groups excluding carboxylic acids is 1. The van der Waals surface area contributed by atoms with Crippen molar-refractivity contribution in [3.05, 3.63) is 59.5 Å². The molecule has 2 aromatic carbocycles. The van der Waals surface area contributed by atoms with Crippen LogP contribution in [0, 0.1) is 13.8 Å². The van der Waals surface area contributed by atoms with Crippen LogP contribution < -0.4 is 10.1 Å². The maximum atomic E-state index is 12.8. The highest BCUT2D eigenvalue weighted by Crippen LogP contribution is 2.28. The maximum absolute atomic E-state index is 12.8. The summed E-state index contributed by atoms with van der Waals surface area (Å²) in [4.78, 5) is 19.2. The number of urea groups is 1. The zero-order chi connectivity index (χ0) is 21.1. The van der Waals surface area contributed by atoms with Gasteiger partial charge in [0.05, 0.1) is 13.0 Å². The second-order valence-electron chi connectivity index (χ2n) is 7.78. The third kappa shape index (κ3) is 4.45. The van der Waals surface area contributed by atoms with Gasteiger partial charge in [-0.05, 0) is 74.2 Å². The molecule has 0 bridgehead atoms. The van der Waals surface area contributed by atoms with Gasteiger partial charge in [0.2, 0.25) is 11.7 Å². The second-order valence-corrected chi connectivity index (χ2v) is 7.78. The standard InChI is InChI=1S/C23H26N4O3/c1-15-11-16(2)13-19(12-15)24-23(28)27-10-4-5-18(14-27)22-25-21(26-30-22)17-6-8-20(29-3)9-7-17/h6-9,11-13,18H,4-5,10,14H2,1-3H3,(H,24,28). The van der Waals surface area contributed by atoms with Crippen LogP contribution in [0.25, 0.3) is 11.4 Å². The van der Waals surface area contributed by atoms with E-state index in [-0.39, 0.29) is 11.9 Å². The third-order valence-electron chi connectivity index (χ3n) is 5.32. The Morgan fingerprint density at radius 3 is 2.60 bits per heavy atom. The number of rotatable bonds is 4. The van der Waals surface area contributed by atoms with E-state index in [0.29, 0.717) is 24.8 Å². The first-order valence-corrected chi connectivity index (χ1v) is 10.1. The number of hydrogen-bond acceptors (Lipinski definition) is 5. The van der Waals surface area contributed by atoms with E-state index in [4.69, 9.17) is 9.26 Å². The molecule has 0 spiro atoms. The van der Waals surface area contributed by atoms with Gasteiger partial charge in [-0.25, -0.2) is 4.79 Å². The molecule has 30 heavy (non-hydrogen) atoms. The normalized spacial score (nSPS) is 16.4. The zero-order valence-electron chi connectivity index (χ0n) is 17.5. The lowest BCUT2D eigenvalue weighted by molar-refractivity contribution is 0.184. The highest BCUT2D eigenvalue weighted by atomic mass is 16.5.